The number of halogens is 1. The van der Waals surface area contributed by atoms with Crippen LogP contribution in [0.1, 0.15) is 4.88 Å². The molecule has 0 amide bonds. The average Bonchev–Trinajstić information content (AvgIpc) is 2.73. The van der Waals surface area contributed by atoms with Crippen molar-refractivity contribution in [2.24, 2.45) is 0 Å². The van der Waals surface area contributed by atoms with Gasteiger partial charge in [-0.15, -0.1) is 11.3 Å². The van der Waals surface area contributed by atoms with E-state index in [-0.39, 0.29) is 5.28 Å². The van der Waals surface area contributed by atoms with Gasteiger partial charge in [-0.1, -0.05) is 0 Å². The van der Waals surface area contributed by atoms with Crippen molar-refractivity contribution in [3.05, 3.63) is 16.2 Å². The molecule has 2 aromatic heterocycles. The summed E-state index contributed by atoms with van der Waals surface area (Å²) in [6, 6.07) is 2.00. The molecule has 0 atom stereocenters. The van der Waals surface area contributed by atoms with E-state index in [0.717, 1.165) is 15.1 Å². The number of ether oxygens (including phenoxy) is 3. The van der Waals surface area contributed by atoms with Crippen LogP contribution in [-0.2, 0) is 9.47 Å². The summed E-state index contributed by atoms with van der Waals surface area (Å²) in [4.78, 5) is 10.3. The predicted octanol–water partition coefficient (Wildman–Crippen LogP) is 2.69. The first kappa shape index (κ1) is 14.5. The minimum absolute atomic E-state index is 0.199. The van der Waals surface area contributed by atoms with Gasteiger partial charge in [0, 0.05) is 12.0 Å². The minimum Gasteiger partial charge on any atom is -0.475 e. The molecule has 0 bridgehead atoms. The van der Waals surface area contributed by atoms with Crippen LogP contribution in [0.3, 0.4) is 0 Å². The summed E-state index contributed by atoms with van der Waals surface area (Å²) in [6.07, 6.45) is 0. The van der Waals surface area contributed by atoms with Gasteiger partial charge < -0.3 is 14.2 Å². The third kappa shape index (κ3) is 4.01. The van der Waals surface area contributed by atoms with Gasteiger partial charge in [0.05, 0.1) is 25.2 Å². The molecule has 0 saturated carbocycles. The Morgan fingerprint density at radius 1 is 1.21 bits per heavy atom. The Labute approximate surface area is 120 Å². The standard InChI is InChI=1S/C12H15ClN2O3S/c1-8-7-9-10(14-12(13)15-11(9)19-8)18-6-5-17-4-3-16-2/h7H,3-6H2,1-2H3. The third-order valence-corrected chi connectivity index (χ3v) is 3.47. The number of nitrogens with zero attached hydrogens (tertiary/aromatic N) is 2. The van der Waals surface area contributed by atoms with E-state index in [4.69, 9.17) is 25.8 Å². The van der Waals surface area contributed by atoms with Gasteiger partial charge in [0.15, 0.2) is 0 Å². The topological polar surface area (TPSA) is 53.5 Å². The molecule has 2 aromatic rings. The van der Waals surface area contributed by atoms with E-state index in [0.29, 0.717) is 32.3 Å². The molecule has 7 heteroatoms. The minimum atomic E-state index is 0.199. The van der Waals surface area contributed by atoms with Gasteiger partial charge in [0.25, 0.3) is 0 Å². The molecule has 0 aromatic carbocycles. The number of aryl methyl sites for hydroxylation is 1. The van der Waals surface area contributed by atoms with Crippen molar-refractivity contribution in [3.63, 3.8) is 0 Å². The zero-order valence-electron chi connectivity index (χ0n) is 10.8. The van der Waals surface area contributed by atoms with Gasteiger partial charge in [-0.25, -0.2) is 4.98 Å². The Balaban J connectivity index is 1.96. The molecule has 0 saturated heterocycles. The van der Waals surface area contributed by atoms with E-state index >= 15 is 0 Å². The first-order valence-corrected chi connectivity index (χ1v) is 7.03. The molecule has 2 heterocycles. The van der Waals surface area contributed by atoms with Crippen molar-refractivity contribution in [2.45, 2.75) is 6.92 Å². The average molecular weight is 303 g/mol. The molecule has 0 radical (unpaired) electrons. The molecular weight excluding hydrogens is 288 g/mol. The van der Waals surface area contributed by atoms with Gasteiger partial charge in [-0.3, -0.25) is 0 Å². The molecule has 0 aliphatic heterocycles. The van der Waals surface area contributed by atoms with Gasteiger partial charge in [0.1, 0.15) is 11.4 Å². The Hall–Kier alpha value is -0.950. The number of hydrogen-bond donors (Lipinski definition) is 0. The summed E-state index contributed by atoms with van der Waals surface area (Å²) in [5.74, 6) is 0.509. The Morgan fingerprint density at radius 3 is 2.79 bits per heavy atom. The molecular formula is C12H15ClN2O3S. The van der Waals surface area contributed by atoms with Gasteiger partial charge in [-0.05, 0) is 24.6 Å². The second kappa shape index (κ2) is 7.00. The highest BCUT2D eigenvalue weighted by atomic mass is 35.5. The zero-order valence-corrected chi connectivity index (χ0v) is 12.4. The van der Waals surface area contributed by atoms with E-state index in [2.05, 4.69) is 9.97 Å². The van der Waals surface area contributed by atoms with Crippen LogP contribution < -0.4 is 4.74 Å². The summed E-state index contributed by atoms with van der Waals surface area (Å²) in [6.45, 7) is 4.04. The molecule has 0 aliphatic rings. The Kier molecular flexibility index (Phi) is 5.33. The summed E-state index contributed by atoms with van der Waals surface area (Å²) >= 11 is 7.44. The summed E-state index contributed by atoms with van der Waals surface area (Å²) in [5, 5.41) is 1.09. The van der Waals surface area contributed by atoms with Crippen molar-refractivity contribution in [1.82, 2.24) is 9.97 Å². The lowest BCUT2D eigenvalue weighted by Gasteiger charge is -2.07. The van der Waals surface area contributed by atoms with E-state index in [1.165, 1.54) is 0 Å². The van der Waals surface area contributed by atoms with Crippen LogP contribution in [0.5, 0.6) is 5.88 Å². The van der Waals surface area contributed by atoms with E-state index in [1.54, 1.807) is 18.4 Å². The fraction of sp³-hybridized carbons (Fsp3) is 0.500. The molecule has 2 rings (SSSR count). The lowest BCUT2D eigenvalue weighted by molar-refractivity contribution is 0.0539. The fourth-order valence-electron chi connectivity index (χ4n) is 1.54. The maximum Gasteiger partial charge on any atom is 0.227 e. The SMILES string of the molecule is COCCOCCOc1nc(Cl)nc2sc(C)cc12. The van der Waals surface area contributed by atoms with Crippen molar-refractivity contribution in [1.29, 1.82) is 0 Å². The van der Waals surface area contributed by atoms with E-state index in [1.807, 2.05) is 13.0 Å². The molecule has 0 N–H and O–H groups in total. The first-order valence-electron chi connectivity index (χ1n) is 5.84. The monoisotopic (exact) mass is 302 g/mol. The van der Waals surface area contributed by atoms with Gasteiger partial charge in [-0.2, -0.15) is 4.98 Å². The van der Waals surface area contributed by atoms with Crippen LogP contribution in [0.2, 0.25) is 5.28 Å². The maximum atomic E-state index is 5.87. The second-order valence-electron chi connectivity index (χ2n) is 3.83. The predicted molar refractivity (Wildman–Crippen MR) is 75.4 cm³/mol. The number of rotatable bonds is 7. The van der Waals surface area contributed by atoms with Crippen molar-refractivity contribution < 1.29 is 14.2 Å². The van der Waals surface area contributed by atoms with Crippen LogP contribution in [-0.4, -0.2) is 43.5 Å². The van der Waals surface area contributed by atoms with Crippen molar-refractivity contribution >= 4 is 33.2 Å². The highest BCUT2D eigenvalue weighted by Gasteiger charge is 2.10. The van der Waals surface area contributed by atoms with Crippen molar-refractivity contribution in [3.8, 4) is 5.88 Å². The van der Waals surface area contributed by atoms with Crippen LogP contribution in [0.15, 0.2) is 6.07 Å². The molecule has 19 heavy (non-hydrogen) atoms. The van der Waals surface area contributed by atoms with E-state index in [9.17, 15) is 0 Å². The fourth-order valence-corrected chi connectivity index (χ4v) is 2.62. The number of thiophene rings is 1. The van der Waals surface area contributed by atoms with Crippen LogP contribution in [0.4, 0.5) is 0 Å². The molecule has 0 aliphatic carbocycles. The first-order chi connectivity index (χ1) is 9.20. The maximum absolute atomic E-state index is 5.87. The molecule has 0 unspecified atom stereocenters. The lowest BCUT2D eigenvalue weighted by atomic mass is 10.3. The summed E-state index contributed by atoms with van der Waals surface area (Å²) in [7, 11) is 1.64. The third-order valence-electron chi connectivity index (χ3n) is 2.35. The Morgan fingerprint density at radius 2 is 2.00 bits per heavy atom. The summed E-state index contributed by atoms with van der Waals surface area (Å²) in [5.41, 5.74) is 0. The number of methoxy groups -OCH3 is 1. The molecule has 0 spiro atoms. The lowest BCUT2D eigenvalue weighted by Crippen LogP contribution is -2.10. The largest absolute Gasteiger partial charge is 0.475 e. The number of aromatic nitrogens is 2. The number of fused-ring (bicyclic) bond motifs is 1. The normalized spacial score (nSPS) is 11.1. The van der Waals surface area contributed by atoms with Gasteiger partial charge in [0.2, 0.25) is 11.2 Å². The van der Waals surface area contributed by atoms with Crippen molar-refractivity contribution in [2.75, 3.05) is 33.5 Å². The highest BCUT2D eigenvalue weighted by Crippen LogP contribution is 2.30. The second-order valence-corrected chi connectivity index (χ2v) is 5.40. The van der Waals surface area contributed by atoms with Crippen LogP contribution >= 0.6 is 22.9 Å². The molecule has 104 valence electrons. The quantitative estimate of drug-likeness (QED) is 0.581. The van der Waals surface area contributed by atoms with E-state index < -0.39 is 0 Å². The highest BCUT2D eigenvalue weighted by molar-refractivity contribution is 7.18. The smallest absolute Gasteiger partial charge is 0.227 e. The van der Waals surface area contributed by atoms with Crippen LogP contribution in [0.25, 0.3) is 10.2 Å². The van der Waals surface area contributed by atoms with Gasteiger partial charge >= 0.3 is 0 Å². The Bertz CT molecular complexity index is 547. The number of hydrogen-bond acceptors (Lipinski definition) is 6. The summed E-state index contributed by atoms with van der Waals surface area (Å²) < 4.78 is 15.8. The molecule has 5 nitrogen and oxygen atoms in total. The van der Waals surface area contributed by atoms with Crippen LogP contribution in [0, 0.1) is 6.92 Å². The molecule has 0 fully saturated rings. The zero-order chi connectivity index (χ0) is 13.7.